The number of carbonyl (C=O) groups is 2. The van der Waals surface area contributed by atoms with Gasteiger partial charge >= 0.3 is 71.1 Å². The molecule has 1 atom stereocenters. The van der Waals surface area contributed by atoms with E-state index in [-0.39, 0.29) is 75.2 Å². The van der Waals surface area contributed by atoms with E-state index >= 15 is 0 Å². The Hall–Kier alpha value is 0.850. The maximum atomic E-state index is 12.2. The van der Waals surface area contributed by atoms with Crippen LogP contribution in [0.1, 0.15) is 164 Å². The molecule has 0 saturated carbocycles. The minimum Gasteiger partial charge on any atom is -1.00 e. The predicted octanol–water partition coefficient (Wildman–Crippen LogP) is 2.57. The number of rotatable bonds is 28. The zero-order chi connectivity index (χ0) is 28.3. The number of unbranched alkanes of at least 4 members (excludes halogenated alkanes) is 20. The zero-order valence-electron chi connectivity index (χ0n) is 28.6. The Balaban J connectivity index is -0.00000114. The van der Waals surface area contributed by atoms with Crippen LogP contribution in [-0.2, 0) is 29.2 Å². The molecule has 230 valence electrons. The molecule has 0 fully saturated rings. The first-order valence-electron chi connectivity index (χ1n) is 15.6. The van der Waals surface area contributed by atoms with E-state index in [4.69, 9.17) is 9.47 Å². The Morgan fingerprint density at radius 3 is 1.20 bits per heavy atom. The third kappa shape index (κ3) is 30.3. The molecule has 0 aliphatic heterocycles. The minimum absolute atomic E-state index is 0. The first kappa shape index (κ1) is 45.3. The number of hydrogen-bond acceptors (Lipinski definition) is 6. The molecular formula is C30H60Na2O7S. The van der Waals surface area contributed by atoms with Crippen LogP contribution in [0.5, 0.6) is 0 Å². The van der Waals surface area contributed by atoms with Crippen molar-refractivity contribution in [2.24, 2.45) is 0 Å². The second-order valence-corrected chi connectivity index (χ2v) is 12.3. The smallest absolute Gasteiger partial charge is 1.00 e. The van der Waals surface area contributed by atoms with Gasteiger partial charge in [-0.2, -0.15) is 8.42 Å². The summed E-state index contributed by atoms with van der Waals surface area (Å²) in [4.78, 5) is 24.3. The molecule has 0 amide bonds. The topological polar surface area (TPSA) is 107 Å². The van der Waals surface area contributed by atoms with Gasteiger partial charge in [-0.3, -0.25) is 14.1 Å². The van der Waals surface area contributed by atoms with Gasteiger partial charge < -0.3 is 12.3 Å². The van der Waals surface area contributed by atoms with Crippen molar-refractivity contribution in [3.05, 3.63) is 0 Å². The fraction of sp³-hybridized carbons (Fsp3) is 0.933. The molecule has 0 aromatic rings. The van der Waals surface area contributed by atoms with Crippen molar-refractivity contribution in [3.8, 4) is 0 Å². The molecule has 0 aromatic heterocycles. The van der Waals surface area contributed by atoms with Crippen LogP contribution in [0.2, 0.25) is 0 Å². The SMILES string of the molecule is CCCCCCCCCCCCCOC(=O)CC(C(=O)OCCCCCCCCCCCCC)S(=O)(=O)O.[H-].[H-].[Na+].[Na+]. The molecule has 1 unspecified atom stereocenters. The predicted molar refractivity (Wildman–Crippen MR) is 157 cm³/mol. The Kier molecular flexibility index (Phi) is 37.1. The van der Waals surface area contributed by atoms with Gasteiger partial charge in [0, 0.05) is 0 Å². The molecule has 40 heavy (non-hydrogen) atoms. The first-order valence-corrected chi connectivity index (χ1v) is 17.1. The fourth-order valence-corrected chi connectivity index (χ4v) is 5.16. The fourth-order valence-electron chi connectivity index (χ4n) is 4.50. The van der Waals surface area contributed by atoms with E-state index in [1.165, 1.54) is 89.9 Å². The first-order chi connectivity index (χ1) is 18.3. The van der Waals surface area contributed by atoms with Crippen molar-refractivity contribution in [1.82, 2.24) is 0 Å². The van der Waals surface area contributed by atoms with Gasteiger partial charge in [0.1, 0.15) is 0 Å². The summed E-state index contributed by atoms with van der Waals surface area (Å²) in [5.74, 6) is -1.91. The van der Waals surface area contributed by atoms with E-state index < -0.39 is 33.7 Å². The van der Waals surface area contributed by atoms with Crippen molar-refractivity contribution < 1.29 is 94.0 Å². The van der Waals surface area contributed by atoms with Crippen LogP contribution in [-0.4, -0.2) is 43.4 Å². The van der Waals surface area contributed by atoms with Gasteiger partial charge in [0.25, 0.3) is 10.1 Å². The van der Waals surface area contributed by atoms with Crippen LogP contribution < -0.4 is 59.1 Å². The minimum atomic E-state index is -4.76. The largest absolute Gasteiger partial charge is 1.00 e. The van der Waals surface area contributed by atoms with E-state index in [1.807, 2.05) is 0 Å². The van der Waals surface area contributed by atoms with Gasteiger partial charge in [-0.05, 0) is 12.8 Å². The molecule has 0 aliphatic carbocycles. The van der Waals surface area contributed by atoms with Crippen LogP contribution >= 0.6 is 0 Å². The summed E-state index contributed by atoms with van der Waals surface area (Å²) >= 11 is 0. The molecule has 1 N–H and O–H groups in total. The van der Waals surface area contributed by atoms with Gasteiger partial charge in [0.2, 0.25) is 0 Å². The average Bonchev–Trinajstić information content (AvgIpc) is 2.87. The van der Waals surface area contributed by atoms with Gasteiger partial charge in [-0.15, -0.1) is 0 Å². The summed E-state index contributed by atoms with van der Waals surface area (Å²) in [6.07, 6.45) is 24.8. The monoisotopic (exact) mass is 610 g/mol. The second-order valence-electron chi connectivity index (χ2n) is 10.7. The van der Waals surface area contributed by atoms with Crippen molar-refractivity contribution >= 4 is 22.1 Å². The molecule has 0 aromatic carbocycles. The van der Waals surface area contributed by atoms with E-state index in [9.17, 15) is 22.6 Å². The number of hydrogen-bond donors (Lipinski definition) is 1. The van der Waals surface area contributed by atoms with E-state index in [1.54, 1.807) is 0 Å². The molecule has 10 heteroatoms. The molecule has 0 saturated heterocycles. The normalized spacial score (nSPS) is 11.8. The van der Waals surface area contributed by atoms with E-state index in [2.05, 4.69) is 13.8 Å². The maximum Gasteiger partial charge on any atom is 1.00 e. The summed E-state index contributed by atoms with van der Waals surface area (Å²) in [7, 11) is -4.76. The molecule has 0 heterocycles. The molecule has 0 spiro atoms. The third-order valence-electron chi connectivity index (χ3n) is 6.98. The molecular weight excluding hydrogens is 550 g/mol. The van der Waals surface area contributed by atoms with Gasteiger partial charge in [0.15, 0.2) is 5.25 Å². The van der Waals surface area contributed by atoms with Crippen LogP contribution in [0, 0.1) is 0 Å². The molecule has 0 radical (unpaired) electrons. The quantitative estimate of drug-likeness (QED) is 0.0628. The van der Waals surface area contributed by atoms with Crippen molar-refractivity contribution in [2.45, 2.75) is 167 Å². The standard InChI is InChI=1S/C30H58O7S.2Na.2H/c1-3-5-7-9-11-13-15-17-19-21-23-25-36-29(31)27-28(38(33,34)35)30(32)37-26-24-22-20-18-16-14-12-10-8-6-4-2;;;;/h28H,3-27H2,1-2H3,(H,33,34,35);;;;/q;2*+1;2*-1. The summed E-state index contributed by atoms with van der Waals surface area (Å²) in [5.41, 5.74) is 0. The summed E-state index contributed by atoms with van der Waals surface area (Å²) in [6, 6.07) is 0. The van der Waals surface area contributed by atoms with Gasteiger partial charge in [-0.1, -0.05) is 142 Å². The number of carbonyl (C=O) groups excluding carboxylic acids is 2. The zero-order valence-corrected chi connectivity index (χ0v) is 31.4. The Labute approximate surface area is 293 Å². The van der Waals surface area contributed by atoms with Gasteiger partial charge in [0.05, 0.1) is 19.6 Å². The summed E-state index contributed by atoms with van der Waals surface area (Å²) < 4.78 is 42.9. The van der Waals surface area contributed by atoms with Crippen LogP contribution in [0.25, 0.3) is 0 Å². The molecule has 0 aliphatic rings. The van der Waals surface area contributed by atoms with Crippen LogP contribution in [0.4, 0.5) is 0 Å². The number of esters is 2. The third-order valence-corrected chi connectivity index (χ3v) is 8.06. The molecule has 7 nitrogen and oxygen atoms in total. The van der Waals surface area contributed by atoms with Crippen molar-refractivity contribution in [3.63, 3.8) is 0 Å². The second kappa shape index (κ2) is 32.8. The summed E-state index contributed by atoms with van der Waals surface area (Å²) in [6.45, 7) is 4.70. The Morgan fingerprint density at radius 2 is 0.875 bits per heavy atom. The van der Waals surface area contributed by atoms with Gasteiger partial charge in [-0.25, -0.2) is 0 Å². The van der Waals surface area contributed by atoms with Crippen molar-refractivity contribution in [2.75, 3.05) is 13.2 Å². The maximum absolute atomic E-state index is 12.2. The number of ether oxygens (including phenoxy) is 2. The Bertz CT molecular complexity index is 687. The van der Waals surface area contributed by atoms with E-state index in [0.717, 1.165) is 38.5 Å². The average molecular weight is 611 g/mol. The summed E-state index contributed by atoms with van der Waals surface area (Å²) in [5, 5.41) is -1.93. The molecule has 0 bridgehead atoms. The van der Waals surface area contributed by atoms with Crippen LogP contribution in [0.3, 0.4) is 0 Å². The van der Waals surface area contributed by atoms with Crippen molar-refractivity contribution in [1.29, 1.82) is 0 Å². The molecule has 0 rings (SSSR count). The Morgan fingerprint density at radius 1 is 0.575 bits per heavy atom. The van der Waals surface area contributed by atoms with Crippen LogP contribution in [0.15, 0.2) is 0 Å². The van der Waals surface area contributed by atoms with E-state index in [0.29, 0.717) is 12.8 Å².